The predicted molar refractivity (Wildman–Crippen MR) is 110 cm³/mol. The van der Waals surface area contributed by atoms with Crippen LogP contribution in [0.2, 0.25) is 0 Å². The summed E-state index contributed by atoms with van der Waals surface area (Å²) in [6.07, 6.45) is 6.56. The number of hydrogen-bond acceptors (Lipinski definition) is 6. The second-order valence-electron chi connectivity index (χ2n) is 8.90. The van der Waals surface area contributed by atoms with Gasteiger partial charge in [-0.3, -0.25) is 14.7 Å². The van der Waals surface area contributed by atoms with Gasteiger partial charge in [0, 0.05) is 57.7 Å². The summed E-state index contributed by atoms with van der Waals surface area (Å²) in [6.45, 7) is 4.41. The minimum atomic E-state index is -0.933. The summed E-state index contributed by atoms with van der Waals surface area (Å²) in [5, 5.41) is 11.0. The molecule has 0 unspecified atom stereocenters. The Kier molecular flexibility index (Phi) is 6.49. The first-order valence-corrected chi connectivity index (χ1v) is 11.1. The molecule has 0 aromatic carbocycles. The number of hydrogen-bond donors (Lipinski definition) is 2. The van der Waals surface area contributed by atoms with Crippen LogP contribution in [0.1, 0.15) is 44.2 Å². The minimum Gasteiger partial charge on any atom is -0.383 e. The van der Waals surface area contributed by atoms with Crippen molar-refractivity contribution in [1.82, 2.24) is 14.8 Å². The molecule has 0 aliphatic carbocycles. The van der Waals surface area contributed by atoms with Crippen molar-refractivity contribution in [2.45, 2.75) is 56.2 Å². The second kappa shape index (κ2) is 9.08. The van der Waals surface area contributed by atoms with Crippen molar-refractivity contribution < 1.29 is 14.6 Å². The number of piperidine rings is 1. The molecule has 3 aliphatic rings. The Morgan fingerprint density at radius 2 is 1.90 bits per heavy atom. The molecule has 3 N–H and O–H groups in total. The summed E-state index contributed by atoms with van der Waals surface area (Å²) >= 11 is 0. The topological polar surface area (TPSA) is 91.9 Å². The van der Waals surface area contributed by atoms with E-state index in [-0.39, 0.29) is 17.9 Å². The Morgan fingerprint density at radius 3 is 2.59 bits per heavy atom. The van der Waals surface area contributed by atoms with Crippen molar-refractivity contribution in [1.29, 1.82) is 0 Å². The summed E-state index contributed by atoms with van der Waals surface area (Å²) in [5.41, 5.74) is 6.11. The molecule has 7 nitrogen and oxygen atoms in total. The summed E-state index contributed by atoms with van der Waals surface area (Å²) in [4.78, 5) is 22.0. The molecule has 0 bridgehead atoms. The lowest BCUT2D eigenvalue weighted by Gasteiger charge is -2.40. The van der Waals surface area contributed by atoms with E-state index in [2.05, 4.69) is 9.88 Å². The van der Waals surface area contributed by atoms with Crippen LogP contribution in [0.5, 0.6) is 0 Å². The van der Waals surface area contributed by atoms with Crippen LogP contribution in [0.25, 0.3) is 0 Å². The molecule has 0 saturated carbocycles. The molecule has 7 heteroatoms. The molecule has 3 aliphatic heterocycles. The van der Waals surface area contributed by atoms with Crippen molar-refractivity contribution in [3.05, 3.63) is 30.1 Å². The van der Waals surface area contributed by atoms with Gasteiger partial charge in [0.2, 0.25) is 5.91 Å². The SMILES string of the molecule is N[C@H]1CC[C@@H](C(=O)N2CCC(O)(c3ccccn3)CC2)CN(C2CCOCC2)C1. The lowest BCUT2D eigenvalue weighted by Crippen LogP contribution is -2.50. The van der Waals surface area contributed by atoms with Crippen LogP contribution in [-0.4, -0.2) is 77.3 Å². The standard InChI is InChI=1S/C22H34N4O3/c23-18-5-4-17(15-26(16-18)19-6-13-29-14-7-19)21(27)25-11-8-22(28,9-12-25)20-3-1-2-10-24-20/h1-3,10,17-19,28H,4-9,11-16,23H2/t17-,18+/m1/s1. The fraction of sp³-hybridized carbons (Fsp3) is 0.727. The normalized spacial score (nSPS) is 29.4. The van der Waals surface area contributed by atoms with Crippen molar-refractivity contribution in [3.63, 3.8) is 0 Å². The quantitative estimate of drug-likeness (QED) is 0.787. The van der Waals surface area contributed by atoms with Crippen molar-refractivity contribution >= 4 is 5.91 Å². The zero-order chi connectivity index (χ0) is 20.3. The zero-order valence-corrected chi connectivity index (χ0v) is 17.2. The van der Waals surface area contributed by atoms with Gasteiger partial charge in [-0.1, -0.05) is 6.07 Å². The maximum absolute atomic E-state index is 13.3. The average molecular weight is 403 g/mol. The van der Waals surface area contributed by atoms with Crippen molar-refractivity contribution in [3.8, 4) is 0 Å². The second-order valence-corrected chi connectivity index (χ2v) is 8.90. The van der Waals surface area contributed by atoms with E-state index in [4.69, 9.17) is 10.5 Å². The Bertz CT molecular complexity index is 672. The zero-order valence-electron chi connectivity index (χ0n) is 17.2. The highest BCUT2D eigenvalue weighted by Crippen LogP contribution is 2.33. The van der Waals surface area contributed by atoms with E-state index in [0.717, 1.165) is 52.0 Å². The highest BCUT2D eigenvalue weighted by Gasteiger charge is 2.39. The van der Waals surface area contributed by atoms with Crippen LogP contribution < -0.4 is 5.73 Å². The third-order valence-corrected chi connectivity index (χ3v) is 6.91. The number of nitrogens with zero attached hydrogens (tertiary/aromatic N) is 3. The number of rotatable bonds is 3. The van der Waals surface area contributed by atoms with Crippen molar-refractivity contribution in [2.75, 3.05) is 39.4 Å². The maximum Gasteiger partial charge on any atom is 0.226 e. The molecular weight excluding hydrogens is 368 g/mol. The van der Waals surface area contributed by atoms with Gasteiger partial charge < -0.3 is 20.5 Å². The summed E-state index contributed by atoms with van der Waals surface area (Å²) in [7, 11) is 0. The van der Waals surface area contributed by atoms with Crippen LogP contribution in [0.15, 0.2) is 24.4 Å². The van der Waals surface area contributed by atoms with Crippen LogP contribution >= 0.6 is 0 Å². The molecule has 0 spiro atoms. The van der Waals surface area contributed by atoms with E-state index in [1.165, 1.54) is 0 Å². The largest absolute Gasteiger partial charge is 0.383 e. The molecule has 1 amide bonds. The van der Waals surface area contributed by atoms with Gasteiger partial charge >= 0.3 is 0 Å². The van der Waals surface area contributed by atoms with Gasteiger partial charge in [-0.05, 0) is 50.7 Å². The highest BCUT2D eigenvalue weighted by atomic mass is 16.5. The number of carbonyl (C=O) groups is 1. The fourth-order valence-electron chi connectivity index (χ4n) is 5.06. The average Bonchev–Trinajstić information content (AvgIpc) is 2.97. The molecule has 0 radical (unpaired) electrons. The van der Waals surface area contributed by atoms with Crippen LogP contribution in [0.3, 0.4) is 0 Å². The Hall–Kier alpha value is -1.54. The van der Waals surface area contributed by atoms with Crippen LogP contribution in [0.4, 0.5) is 0 Å². The number of aliphatic hydroxyl groups is 1. The number of nitrogens with two attached hydrogens (primary N) is 1. The maximum atomic E-state index is 13.3. The Balaban J connectivity index is 1.38. The number of ether oxygens (including phenoxy) is 1. The van der Waals surface area contributed by atoms with Crippen LogP contribution in [0, 0.1) is 5.92 Å². The number of carbonyl (C=O) groups excluding carboxylic acids is 1. The van der Waals surface area contributed by atoms with Gasteiger partial charge in [0.15, 0.2) is 0 Å². The third-order valence-electron chi connectivity index (χ3n) is 6.91. The lowest BCUT2D eigenvalue weighted by molar-refractivity contribution is -0.141. The summed E-state index contributed by atoms with van der Waals surface area (Å²) < 4.78 is 5.51. The molecule has 29 heavy (non-hydrogen) atoms. The monoisotopic (exact) mass is 402 g/mol. The van der Waals surface area contributed by atoms with Gasteiger partial charge in [0.05, 0.1) is 11.6 Å². The number of amides is 1. The van der Waals surface area contributed by atoms with E-state index in [9.17, 15) is 9.90 Å². The van der Waals surface area contributed by atoms with E-state index in [1.807, 2.05) is 23.1 Å². The van der Waals surface area contributed by atoms with Gasteiger partial charge in [0.25, 0.3) is 0 Å². The van der Waals surface area contributed by atoms with Gasteiger partial charge in [-0.15, -0.1) is 0 Å². The first-order valence-electron chi connectivity index (χ1n) is 11.1. The number of pyridine rings is 1. The molecule has 160 valence electrons. The van der Waals surface area contributed by atoms with Crippen molar-refractivity contribution in [2.24, 2.45) is 11.7 Å². The third kappa shape index (κ3) is 4.79. The van der Waals surface area contributed by atoms with E-state index >= 15 is 0 Å². The molecule has 1 aromatic rings. The number of likely N-dealkylation sites (tertiary alicyclic amines) is 2. The van der Waals surface area contributed by atoms with E-state index in [0.29, 0.717) is 37.7 Å². The smallest absolute Gasteiger partial charge is 0.226 e. The Labute approximate surface area is 173 Å². The fourth-order valence-corrected chi connectivity index (χ4v) is 5.06. The minimum absolute atomic E-state index is 0.00700. The molecule has 2 atom stereocenters. The molecule has 1 aromatic heterocycles. The Morgan fingerprint density at radius 1 is 1.14 bits per heavy atom. The van der Waals surface area contributed by atoms with Gasteiger partial charge in [-0.2, -0.15) is 0 Å². The van der Waals surface area contributed by atoms with Gasteiger partial charge in [-0.25, -0.2) is 0 Å². The first kappa shape index (κ1) is 20.7. The molecule has 3 saturated heterocycles. The molecule has 4 heterocycles. The predicted octanol–water partition coefficient (Wildman–Crippen LogP) is 1.11. The first-order chi connectivity index (χ1) is 14.0. The van der Waals surface area contributed by atoms with Crippen LogP contribution in [-0.2, 0) is 15.1 Å². The number of aromatic nitrogens is 1. The summed E-state index contributed by atoms with van der Waals surface area (Å²) in [5.74, 6) is 0.215. The van der Waals surface area contributed by atoms with Gasteiger partial charge in [0.1, 0.15) is 5.60 Å². The molecule has 4 rings (SSSR count). The van der Waals surface area contributed by atoms with E-state index in [1.54, 1.807) is 6.20 Å². The summed E-state index contributed by atoms with van der Waals surface area (Å²) in [6, 6.07) is 6.23. The van der Waals surface area contributed by atoms with E-state index < -0.39 is 5.60 Å². The lowest BCUT2D eigenvalue weighted by atomic mass is 9.87. The molecule has 3 fully saturated rings. The highest BCUT2D eigenvalue weighted by molar-refractivity contribution is 5.79. The molecular formula is C22H34N4O3.